The van der Waals surface area contributed by atoms with Gasteiger partial charge in [-0.25, -0.2) is 0 Å². The fraction of sp³-hybridized carbons (Fsp3) is 0.933. The number of hydrogen-bond acceptors (Lipinski definition) is 5. The van der Waals surface area contributed by atoms with Crippen molar-refractivity contribution in [2.75, 3.05) is 40.4 Å². The molecule has 0 aromatic rings. The third kappa shape index (κ3) is 5.04. The second kappa shape index (κ2) is 8.60. The van der Waals surface area contributed by atoms with Crippen LogP contribution in [0.1, 0.15) is 39.5 Å². The fourth-order valence-corrected chi connectivity index (χ4v) is 2.60. The Morgan fingerprint density at radius 3 is 2.85 bits per heavy atom. The smallest absolute Gasteiger partial charge is 0.325 e. The third-order valence-electron chi connectivity index (χ3n) is 4.27. The number of methoxy groups -OCH3 is 1. The van der Waals surface area contributed by atoms with Gasteiger partial charge in [0.1, 0.15) is 5.54 Å². The van der Waals surface area contributed by atoms with Gasteiger partial charge >= 0.3 is 5.97 Å². The predicted octanol–water partition coefficient (Wildman–Crippen LogP) is 1.42. The van der Waals surface area contributed by atoms with Crippen molar-refractivity contribution in [1.82, 2.24) is 10.2 Å². The second-order valence-corrected chi connectivity index (χ2v) is 5.73. The number of carbonyl (C=O) groups is 1. The van der Waals surface area contributed by atoms with Gasteiger partial charge in [-0.1, -0.05) is 6.92 Å². The summed E-state index contributed by atoms with van der Waals surface area (Å²) in [5, 5.41) is 3.08. The number of unbranched alkanes of at least 4 members (excludes halogenated alkanes) is 1. The molecule has 0 spiro atoms. The van der Waals surface area contributed by atoms with Crippen molar-refractivity contribution in [3.8, 4) is 0 Å². The normalized spacial score (nSPS) is 23.3. The molecule has 1 N–H and O–H groups in total. The Bertz CT molecular complexity index is 299. The minimum Gasteiger partial charge on any atom is -0.468 e. The number of nitrogens with zero attached hydrogens (tertiary/aromatic N) is 1. The van der Waals surface area contributed by atoms with E-state index in [1.807, 2.05) is 14.0 Å². The average molecular weight is 286 g/mol. The molecule has 0 saturated carbocycles. The Morgan fingerprint density at radius 2 is 2.25 bits per heavy atom. The van der Waals surface area contributed by atoms with E-state index in [0.29, 0.717) is 6.10 Å². The first kappa shape index (κ1) is 17.4. The van der Waals surface area contributed by atoms with E-state index in [1.165, 1.54) is 7.11 Å². The van der Waals surface area contributed by atoms with Gasteiger partial charge in [0.2, 0.25) is 0 Å². The van der Waals surface area contributed by atoms with Crippen molar-refractivity contribution >= 4 is 5.97 Å². The van der Waals surface area contributed by atoms with Crippen LogP contribution < -0.4 is 5.32 Å². The zero-order chi connectivity index (χ0) is 15.0. The lowest BCUT2D eigenvalue weighted by molar-refractivity contribution is -0.148. The first-order chi connectivity index (χ1) is 9.55. The molecule has 0 aromatic carbocycles. The third-order valence-corrected chi connectivity index (χ3v) is 4.27. The summed E-state index contributed by atoms with van der Waals surface area (Å²) in [6.45, 7) is 8.06. The molecule has 1 heterocycles. The van der Waals surface area contributed by atoms with Crippen LogP contribution in [0.15, 0.2) is 0 Å². The highest BCUT2D eigenvalue weighted by atomic mass is 16.5. The van der Waals surface area contributed by atoms with E-state index in [-0.39, 0.29) is 5.97 Å². The highest BCUT2D eigenvalue weighted by Gasteiger charge is 2.31. The highest BCUT2D eigenvalue weighted by molar-refractivity contribution is 5.80. The molecule has 0 radical (unpaired) electrons. The van der Waals surface area contributed by atoms with E-state index in [4.69, 9.17) is 9.47 Å². The lowest BCUT2D eigenvalue weighted by Crippen LogP contribution is -2.48. The standard InChI is InChI=1S/C15H30N2O3/c1-5-13-12-17(10-11-20-13)9-7-6-8-15(2,16-3)14(18)19-4/h13,16H,5-12H2,1-4H3. The number of hydrogen-bond donors (Lipinski definition) is 1. The molecule has 1 fully saturated rings. The van der Waals surface area contributed by atoms with Gasteiger partial charge in [-0.15, -0.1) is 0 Å². The Morgan fingerprint density at radius 1 is 1.50 bits per heavy atom. The second-order valence-electron chi connectivity index (χ2n) is 5.73. The number of likely N-dealkylation sites (N-methyl/N-ethyl adjacent to an activating group) is 1. The number of carbonyl (C=O) groups excluding carboxylic acids is 1. The molecule has 5 nitrogen and oxygen atoms in total. The van der Waals surface area contributed by atoms with Gasteiger partial charge in [0.25, 0.3) is 0 Å². The van der Waals surface area contributed by atoms with Crippen molar-refractivity contribution in [3.63, 3.8) is 0 Å². The molecular formula is C15H30N2O3. The summed E-state index contributed by atoms with van der Waals surface area (Å²) >= 11 is 0. The minimum atomic E-state index is -0.564. The number of rotatable bonds is 8. The topological polar surface area (TPSA) is 50.8 Å². The van der Waals surface area contributed by atoms with E-state index in [2.05, 4.69) is 17.1 Å². The average Bonchev–Trinajstić information content (AvgIpc) is 2.50. The Kier molecular flexibility index (Phi) is 7.48. The van der Waals surface area contributed by atoms with Crippen LogP contribution >= 0.6 is 0 Å². The molecule has 0 aromatic heterocycles. The van der Waals surface area contributed by atoms with Crippen LogP contribution in [0.2, 0.25) is 0 Å². The molecule has 5 heteroatoms. The van der Waals surface area contributed by atoms with Crippen molar-refractivity contribution in [2.45, 2.75) is 51.2 Å². The van der Waals surface area contributed by atoms with Crippen molar-refractivity contribution < 1.29 is 14.3 Å². The van der Waals surface area contributed by atoms with Crippen LogP contribution in [0.5, 0.6) is 0 Å². The van der Waals surface area contributed by atoms with Crippen molar-refractivity contribution in [1.29, 1.82) is 0 Å². The van der Waals surface area contributed by atoms with E-state index in [0.717, 1.165) is 51.9 Å². The summed E-state index contributed by atoms with van der Waals surface area (Å²) in [5.41, 5.74) is -0.564. The van der Waals surface area contributed by atoms with E-state index < -0.39 is 5.54 Å². The van der Waals surface area contributed by atoms with Crippen LogP contribution in [0, 0.1) is 0 Å². The molecule has 0 amide bonds. The molecule has 1 saturated heterocycles. The van der Waals surface area contributed by atoms with Gasteiger partial charge in [0, 0.05) is 13.1 Å². The molecule has 0 aliphatic carbocycles. The van der Waals surface area contributed by atoms with E-state index in [9.17, 15) is 4.79 Å². The summed E-state index contributed by atoms with van der Waals surface area (Å²) in [6.07, 6.45) is 4.39. The van der Waals surface area contributed by atoms with Gasteiger partial charge in [-0.05, 0) is 46.2 Å². The fourth-order valence-electron chi connectivity index (χ4n) is 2.60. The van der Waals surface area contributed by atoms with Crippen molar-refractivity contribution in [3.05, 3.63) is 0 Å². The van der Waals surface area contributed by atoms with Gasteiger partial charge < -0.3 is 14.8 Å². The van der Waals surface area contributed by atoms with Gasteiger partial charge in [-0.2, -0.15) is 0 Å². The summed E-state index contributed by atoms with van der Waals surface area (Å²) in [7, 11) is 3.25. The summed E-state index contributed by atoms with van der Waals surface area (Å²) in [6, 6.07) is 0. The number of nitrogens with one attached hydrogen (secondary N) is 1. The molecule has 2 unspecified atom stereocenters. The first-order valence-corrected chi connectivity index (χ1v) is 7.67. The van der Waals surface area contributed by atoms with Crippen LogP contribution in [0.3, 0.4) is 0 Å². The van der Waals surface area contributed by atoms with Gasteiger partial charge in [0.15, 0.2) is 0 Å². The van der Waals surface area contributed by atoms with E-state index >= 15 is 0 Å². The highest BCUT2D eigenvalue weighted by Crippen LogP contribution is 2.16. The summed E-state index contributed by atoms with van der Waals surface area (Å²) < 4.78 is 10.5. The maximum atomic E-state index is 11.7. The molecule has 1 aliphatic heterocycles. The number of esters is 1. The van der Waals surface area contributed by atoms with Gasteiger partial charge in [0.05, 0.1) is 19.8 Å². The maximum Gasteiger partial charge on any atom is 0.325 e. The largest absolute Gasteiger partial charge is 0.468 e. The lowest BCUT2D eigenvalue weighted by Gasteiger charge is -2.32. The Balaban J connectivity index is 2.25. The number of morpholine rings is 1. The Hall–Kier alpha value is -0.650. The van der Waals surface area contributed by atoms with Crippen molar-refractivity contribution in [2.24, 2.45) is 0 Å². The summed E-state index contributed by atoms with van der Waals surface area (Å²) in [5.74, 6) is -0.183. The lowest BCUT2D eigenvalue weighted by atomic mass is 9.95. The van der Waals surface area contributed by atoms with Crippen LogP contribution in [-0.4, -0.2) is 62.9 Å². The summed E-state index contributed by atoms with van der Waals surface area (Å²) in [4.78, 5) is 14.2. The Labute approximate surface area is 123 Å². The monoisotopic (exact) mass is 286 g/mol. The molecule has 2 atom stereocenters. The van der Waals surface area contributed by atoms with Crippen LogP contribution in [0.25, 0.3) is 0 Å². The molecule has 118 valence electrons. The SMILES string of the molecule is CCC1CN(CCCCC(C)(NC)C(=O)OC)CCO1. The quantitative estimate of drug-likeness (QED) is 0.540. The van der Waals surface area contributed by atoms with Crippen LogP contribution in [-0.2, 0) is 14.3 Å². The minimum absolute atomic E-state index is 0.183. The predicted molar refractivity (Wildman–Crippen MR) is 79.8 cm³/mol. The molecule has 1 aliphatic rings. The zero-order valence-electron chi connectivity index (χ0n) is 13.4. The number of ether oxygens (including phenoxy) is 2. The first-order valence-electron chi connectivity index (χ1n) is 7.67. The maximum absolute atomic E-state index is 11.7. The molecule has 0 bridgehead atoms. The molecule has 1 rings (SSSR count). The molecule has 20 heavy (non-hydrogen) atoms. The van der Waals surface area contributed by atoms with E-state index in [1.54, 1.807) is 0 Å². The van der Waals surface area contributed by atoms with Gasteiger partial charge in [-0.3, -0.25) is 9.69 Å². The van der Waals surface area contributed by atoms with Crippen LogP contribution in [0.4, 0.5) is 0 Å². The molecular weight excluding hydrogens is 256 g/mol. The zero-order valence-corrected chi connectivity index (χ0v) is 13.4.